The Hall–Kier alpha value is -1.62. The fraction of sp³-hybridized carbons (Fsp3) is 0.625. The highest BCUT2D eigenvalue weighted by Crippen LogP contribution is 2.31. The third-order valence-electron chi connectivity index (χ3n) is 3.41. The van der Waals surface area contributed by atoms with E-state index in [1.807, 2.05) is 12.1 Å². The quantitative estimate of drug-likeness (QED) is 0.744. The normalized spacial score (nSPS) is 13.8. The number of nitrogens with zero attached hydrogens (tertiary/aromatic N) is 1. The maximum Gasteiger partial charge on any atom is 0.313 e. The van der Waals surface area contributed by atoms with Gasteiger partial charge in [0.05, 0.1) is 19.1 Å². The summed E-state index contributed by atoms with van der Waals surface area (Å²) in [6.45, 7) is 6.54. The Kier molecular flexibility index (Phi) is 6.62. The van der Waals surface area contributed by atoms with Crippen molar-refractivity contribution in [3.8, 4) is 5.88 Å². The zero-order chi connectivity index (χ0) is 15.9. The molecule has 2 N–H and O–H groups in total. The summed E-state index contributed by atoms with van der Waals surface area (Å²) in [7, 11) is 1.57. The number of nitrogens with two attached hydrogens (primary N) is 1. The average Bonchev–Trinajstić information content (AvgIpc) is 2.46. The summed E-state index contributed by atoms with van der Waals surface area (Å²) in [5.41, 5.74) is 6.00. The van der Waals surface area contributed by atoms with Crippen LogP contribution in [0.15, 0.2) is 18.2 Å². The Bertz CT molecular complexity index is 463. The lowest BCUT2D eigenvalue weighted by Crippen LogP contribution is -2.43. The second-order valence-corrected chi connectivity index (χ2v) is 5.65. The summed E-state index contributed by atoms with van der Waals surface area (Å²) >= 11 is 0. The summed E-state index contributed by atoms with van der Waals surface area (Å²) in [4.78, 5) is 16.8. The monoisotopic (exact) mass is 294 g/mol. The first-order valence-electron chi connectivity index (χ1n) is 7.34. The van der Waals surface area contributed by atoms with Crippen molar-refractivity contribution in [2.45, 2.75) is 33.6 Å². The average molecular weight is 294 g/mol. The van der Waals surface area contributed by atoms with Crippen molar-refractivity contribution >= 4 is 5.97 Å². The first kappa shape index (κ1) is 17.4. The molecule has 1 atom stereocenters. The molecule has 0 aliphatic heterocycles. The van der Waals surface area contributed by atoms with Crippen LogP contribution in [0, 0.1) is 11.3 Å². The molecule has 1 aromatic heterocycles. The molecule has 0 fully saturated rings. The van der Waals surface area contributed by atoms with E-state index in [0.29, 0.717) is 31.2 Å². The zero-order valence-corrected chi connectivity index (χ0v) is 13.4. The minimum absolute atomic E-state index is 0.239. The van der Waals surface area contributed by atoms with Crippen molar-refractivity contribution in [2.24, 2.45) is 17.1 Å². The van der Waals surface area contributed by atoms with Gasteiger partial charge in [-0.05, 0) is 25.3 Å². The summed E-state index contributed by atoms with van der Waals surface area (Å²) in [5, 5.41) is 0. The molecule has 118 valence electrons. The lowest BCUT2D eigenvalue weighted by Gasteiger charge is -2.31. The summed E-state index contributed by atoms with van der Waals surface area (Å²) in [5.74, 6) is 0.626. The minimum Gasteiger partial charge on any atom is -0.481 e. The van der Waals surface area contributed by atoms with Crippen molar-refractivity contribution in [2.75, 3.05) is 20.3 Å². The smallest absolute Gasteiger partial charge is 0.313 e. The zero-order valence-electron chi connectivity index (χ0n) is 13.4. The van der Waals surface area contributed by atoms with Crippen LogP contribution >= 0.6 is 0 Å². The molecule has 0 bridgehead atoms. The maximum absolute atomic E-state index is 12.4. The van der Waals surface area contributed by atoms with Gasteiger partial charge in [0.2, 0.25) is 5.88 Å². The Morgan fingerprint density at radius 3 is 2.67 bits per heavy atom. The number of aromatic nitrogens is 1. The fourth-order valence-corrected chi connectivity index (χ4v) is 2.55. The van der Waals surface area contributed by atoms with Crippen molar-refractivity contribution in [3.05, 3.63) is 23.9 Å². The van der Waals surface area contributed by atoms with Crippen LogP contribution in [-0.4, -0.2) is 31.2 Å². The number of esters is 1. The number of pyridine rings is 1. The molecule has 0 aliphatic carbocycles. The SMILES string of the molecule is CCOC(=O)C(CN)(Cc1cccc(OC)n1)CC(C)C. The Labute approximate surface area is 126 Å². The number of carbonyl (C=O) groups excluding carboxylic acids is 1. The molecule has 0 amide bonds. The van der Waals surface area contributed by atoms with E-state index in [4.69, 9.17) is 15.2 Å². The van der Waals surface area contributed by atoms with Gasteiger partial charge in [0.25, 0.3) is 0 Å². The van der Waals surface area contributed by atoms with Gasteiger partial charge in [-0.3, -0.25) is 4.79 Å². The second-order valence-electron chi connectivity index (χ2n) is 5.65. The van der Waals surface area contributed by atoms with Crippen LogP contribution in [0.2, 0.25) is 0 Å². The van der Waals surface area contributed by atoms with E-state index >= 15 is 0 Å². The lowest BCUT2D eigenvalue weighted by atomic mass is 9.76. The van der Waals surface area contributed by atoms with Gasteiger partial charge in [0, 0.05) is 24.7 Å². The number of ether oxygens (including phenoxy) is 2. The van der Waals surface area contributed by atoms with Gasteiger partial charge in [-0.1, -0.05) is 19.9 Å². The van der Waals surface area contributed by atoms with E-state index in [2.05, 4.69) is 18.8 Å². The molecular formula is C16H26N2O3. The molecule has 1 unspecified atom stereocenters. The van der Waals surface area contributed by atoms with Crippen molar-refractivity contribution in [3.63, 3.8) is 0 Å². The van der Waals surface area contributed by atoms with Crippen LogP contribution in [0.3, 0.4) is 0 Å². The van der Waals surface area contributed by atoms with Crippen LogP contribution in [-0.2, 0) is 16.0 Å². The van der Waals surface area contributed by atoms with E-state index in [0.717, 1.165) is 5.69 Å². The highest BCUT2D eigenvalue weighted by molar-refractivity contribution is 5.77. The third kappa shape index (κ3) is 4.70. The van der Waals surface area contributed by atoms with E-state index in [9.17, 15) is 4.79 Å². The molecule has 0 saturated carbocycles. The number of rotatable bonds is 8. The number of carbonyl (C=O) groups is 1. The van der Waals surface area contributed by atoms with Crippen LogP contribution < -0.4 is 10.5 Å². The molecule has 21 heavy (non-hydrogen) atoms. The van der Waals surface area contributed by atoms with Crippen molar-refractivity contribution in [1.82, 2.24) is 4.98 Å². The van der Waals surface area contributed by atoms with Crippen molar-refractivity contribution in [1.29, 1.82) is 0 Å². The first-order valence-corrected chi connectivity index (χ1v) is 7.34. The molecule has 1 heterocycles. The second kappa shape index (κ2) is 7.98. The Morgan fingerprint density at radius 2 is 2.14 bits per heavy atom. The van der Waals surface area contributed by atoms with E-state index in [-0.39, 0.29) is 12.5 Å². The van der Waals surface area contributed by atoms with Gasteiger partial charge >= 0.3 is 5.97 Å². The van der Waals surface area contributed by atoms with E-state index in [1.165, 1.54) is 0 Å². The summed E-state index contributed by atoms with van der Waals surface area (Å²) in [6, 6.07) is 5.52. The van der Waals surface area contributed by atoms with Crippen LogP contribution in [0.5, 0.6) is 5.88 Å². The standard InChI is InChI=1S/C16H26N2O3/c1-5-21-15(19)16(11-17,9-12(2)3)10-13-7-6-8-14(18-13)20-4/h6-8,12H,5,9-11,17H2,1-4H3. The molecular weight excluding hydrogens is 268 g/mol. The van der Waals surface area contributed by atoms with Crippen molar-refractivity contribution < 1.29 is 14.3 Å². The first-order chi connectivity index (χ1) is 9.97. The van der Waals surface area contributed by atoms with Gasteiger partial charge in [-0.15, -0.1) is 0 Å². The molecule has 0 aromatic carbocycles. The number of methoxy groups -OCH3 is 1. The van der Waals surface area contributed by atoms with Gasteiger partial charge in [0.15, 0.2) is 0 Å². The van der Waals surface area contributed by atoms with E-state index < -0.39 is 5.41 Å². The number of hydrogen-bond donors (Lipinski definition) is 1. The molecule has 1 aromatic rings. The highest BCUT2D eigenvalue weighted by Gasteiger charge is 2.39. The van der Waals surface area contributed by atoms with Crippen LogP contribution in [0.4, 0.5) is 0 Å². The molecule has 0 radical (unpaired) electrons. The molecule has 0 spiro atoms. The summed E-state index contributed by atoms with van der Waals surface area (Å²) < 4.78 is 10.4. The molecule has 5 heteroatoms. The maximum atomic E-state index is 12.4. The fourth-order valence-electron chi connectivity index (χ4n) is 2.55. The lowest BCUT2D eigenvalue weighted by molar-refractivity contribution is -0.156. The minimum atomic E-state index is -0.733. The molecule has 0 aliphatic rings. The van der Waals surface area contributed by atoms with E-state index in [1.54, 1.807) is 20.1 Å². The van der Waals surface area contributed by atoms with Crippen LogP contribution in [0.1, 0.15) is 32.9 Å². The predicted octanol–water partition coefficient (Wildman–Crippen LogP) is 2.19. The molecule has 5 nitrogen and oxygen atoms in total. The third-order valence-corrected chi connectivity index (χ3v) is 3.41. The van der Waals surface area contributed by atoms with Crippen LogP contribution in [0.25, 0.3) is 0 Å². The van der Waals surface area contributed by atoms with Gasteiger partial charge in [-0.2, -0.15) is 0 Å². The van der Waals surface area contributed by atoms with Gasteiger partial charge < -0.3 is 15.2 Å². The topological polar surface area (TPSA) is 74.4 Å². The predicted molar refractivity (Wildman–Crippen MR) is 82.1 cm³/mol. The Morgan fingerprint density at radius 1 is 1.43 bits per heavy atom. The molecule has 1 rings (SSSR count). The van der Waals surface area contributed by atoms with Gasteiger partial charge in [0.1, 0.15) is 0 Å². The largest absolute Gasteiger partial charge is 0.481 e. The summed E-state index contributed by atoms with van der Waals surface area (Å²) in [6.07, 6.45) is 1.12. The Balaban J connectivity index is 3.07. The highest BCUT2D eigenvalue weighted by atomic mass is 16.5. The van der Waals surface area contributed by atoms with Gasteiger partial charge in [-0.25, -0.2) is 4.98 Å². The molecule has 0 saturated heterocycles. The number of hydrogen-bond acceptors (Lipinski definition) is 5.